The van der Waals surface area contributed by atoms with Crippen LogP contribution in [0.25, 0.3) is 0 Å². The second-order valence-corrected chi connectivity index (χ2v) is 14.0. The van der Waals surface area contributed by atoms with Gasteiger partial charge < -0.3 is 29.5 Å². The van der Waals surface area contributed by atoms with Gasteiger partial charge in [-0.1, -0.05) is 103 Å². The molecule has 0 unspecified atom stereocenters. The number of carbonyl (C=O) groups is 1. The van der Waals surface area contributed by atoms with Crippen molar-refractivity contribution in [2.45, 2.75) is 217 Å². The summed E-state index contributed by atoms with van der Waals surface area (Å²) in [6.45, 7) is 4.11. The number of aliphatic hydroxyl groups is 3. The van der Waals surface area contributed by atoms with E-state index in [4.69, 9.17) is 14.2 Å². The Bertz CT molecular complexity index is 801. The highest BCUT2D eigenvalue weighted by atomic mass is 16.6. The van der Waals surface area contributed by atoms with E-state index in [1.165, 1.54) is 64.2 Å². The molecule has 7 nitrogen and oxygen atoms in total. The molecule has 0 amide bonds. The lowest BCUT2D eigenvalue weighted by Gasteiger charge is -2.24. The number of ether oxygens (including phenoxy) is 3. The largest absolute Gasteiger partial charge is 0.455 e. The standard InChI is InChI=1S/C37H66O7/c1-3-4-5-6-7-10-13-16-19-31(39)33-23-25-35(43-33)36-26-24-34(44-36)32(40)20-17-14-11-8-9-12-15-18-30(38)22-21-29-27-28(2)42-37(29)41/h27-28,30-36,38-40H,3-26H2,1-2H3/t28-,30+,31-,32+,33+,34-,35-,36+/m1/s1. The lowest BCUT2D eigenvalue weighted by atomic mass is 10.00. The first-order chi connectivity index (χ1) is 21.4. The highest BCUT2D eigenvalue weighted by Gasteiger charge is 2.40. The van der Waals surface area contributed by atoms with Crippen molar-refractivity contribution in [2.24, 2.45) is 0 Å². The monoisotopic (exact) mass is 622 g/mol. The van der Waals surface area contributed by atoms with Gasteiger partial charge in [0, 0.05) is 5.57 Å². The molecule has 8 atom stereocenters. The van der Waals surface area contributed by atoms with Crippen molar-refractivity contribution in [3.8, 4) is 0 Å². The molecular weight excluding hydrogens is 556 g/mol. The molecule has 0 aromatic heterocycles. The molecule has 256 valence electrons. The molecule has 2 saturated heterocycles. The molecule has 0 saturated carbocycles. The lowest BCUT2D eigenvalue weighted by molar-refractivity contribution is -0.139. The van der Waals surface area contributed by atoms with Gasteiger partial charge in [-0.3, -0.25) is 0 Å². The fourth-order valence-electron chi connectivity index (χ4n) is 7.25. The molecule has 3 aliphatic rings. The molecule has 0 aromatic rings. The third-order valence-corrected chi connectivity index (χ3v) is 10.1. The molecule has 7 heteroatoms. The number of esters is 1. The smallest absolute Gasteiger partial charge is 0.334 e. The zero-order valence-electron chi connectivity index (χ0n) is 28.1. The van der Waals surface area contributed by atoms with E-state index in [0.717, 1.165) is 77.0 Å². The Morgan fingerprint density at radius 2 is 1.11 bits per heavy atom. The molecule has 0 bridgehead atoms. The predicted octanol–water partition coefficient (Wildman–Crippen LogP) is 7.86. The van der Waals surface area contributed by atoms with Gasteiger partial charge in [0.25, 0.3) is 0 Å². The molecule has 2 fully saturated rings. The van der Waals surface area contributed by atoms with E-state index in [1.54, 1.807) is 0 Å². The quantitative estimate of drug-likeness (QED) is 0.0703. The van der Waals surface area contributed by atoms with Gasteiger partial charge in [0.05, 0.1) is 42.7 Å². The summed E-state index contributed by atoms with van der Waals surface area (Å²) in [4.78, 5) is 11.7. The Balaban J connectivity index is 1.13. The minimum Gasteiger partial charge on any atom is -0.455 e. The van der Waals surface area contributed by atoms with Crippen LogP contribution in [0.5, 0.6) is 0 Å². The Hall–Kier alpha value is -0.990. The van der Waals surface area contributed by atoms with Crippen LogP contribution in [0.1, 0.15) is 168 Å². The molecular formula is C37H66O7. The number of carbonyl (C=O) groups excluding carboxylic acids is 1. The van der Waals surface area contributed by atoms with E-state index in [2.05, 4.69) is 6.92 Å². The fourth-order valence-corrected chi connectivity index (χ4v) is 7.25. The van der Waals surface area contributed by atoms with E-state index >= 15 is 0 Å². The summed E-state index contributed by atoms with van der Waals surface area (Å²) in [5.41, 5.74) is 0.706. The molecule has 44 heavy (non-hydrogen) atoms. The van der Waals surface area contributed by atoms with Crippen molar-refractivity contribution in [3.63, 3.8) is 0 Å². The summed E-state index contributed by atoms with van der Waals surface area (Å²) in [5.74, 6) is -0.231. The number of hydrogen-bond donors (Lipinski definition) is 3. The topological polar surface area (TPSA) is 105 Å². The van der Waals surface area contributed by atoms with Gasteiger partial charge in [-0.25, -0.2) is 4.79 Å². The Labute approximate surface area is 268 Å². The van der Waals surface area contributed by atoms with Crippen LogP contribution < -0.4 is 0 Å². The highest BCUT2D eigenvalue weighted by Crippen LogP contribution is 2.34. The summed E-state index contributed by atoms with van der Waals surface area (Å²) in [7, 11) is 0. The van der Waals surface area contributed by atoms with Crippen molar-refractivity contribution < 1.29 is 34.3 Å². The summed E-state index contributed by atoms with van der Waals surface area (Å²) >= 11 is 0. The van der Waals surface area contributed by atoms with Gasteiger partial charge in [-0.2, -0.15) is 0 Å². The van der Waals surface area contributed by atoms with Crippen LogP contribution in [0.4, 0.5) is 0 Å². The van der Waals surface area contributed by atoms with E-state index < -0.39 is 6.10 Å². The first-order valence-electron chi connectivity index (χ1n) is 18.6. The van der Waals surface area contributed by atoms with Crippen LogP contribution in [-0.2, 0) is 19.0 Å². The SMILES string of the molecule is CCCCCCCCCC[C@@H](O)[C@@H]1CC[C@H]([C@@H]2CC[C@H]([C@@H](O)CCCCCCCCC[C@H](O)CCC3=C[C@@H](C)OC3=O)O2)O1. The van der Waals surface area contributed by atoms with Crippen LogP contribution in [0, 0.1) is 0 Å². The maximum Gasteiger partial charge on any atom is 0.334 e. The van der Waals surface area contributed by atoms with Gasteiger partial charge in [0.1, 0.15) is 6.10 Å². The van der Waals surface area contributed by atoms with Crippen molar-refractivity contribution in [1.29, 1.82) is 0 Å². The maximum absolute atomic E-state index is 11.7. The Morgan fingerprint density at radius 1 is 0.659 bits per heavy atom. The summed E-state index contributed by atoms with van der Waals surface area (Å²) < 4.78 is 17.7. The van der Waals surface area contributed by atoms with Gasteiger partial charge in [0.15, 0.2) is 0 Å². The predicted molar refractivity (Wildman–Crippen MR) is 175 cm³/mol. The minimum absolute atomic E-state index is 0.0495. The van der Waals surface area contributed by atoms with Gasteiger partial charge >= 0.3 is 5.97 Å². The second-order valence-electron chi connectivity index (χ2n) is 14.0. The Morgan fingerprint density at radius 3 is 1.57 bits per heavy atom. The van der Waals surface area contributed by atoms with Crippen LogP contribution >= 0.6 is 0 Å². The molecule has 3 rings (SSSR count). The average Bonchev–Trinajstić information content (AvgIpc) is 3.76. The third kappa shape index (κ3) is 14.2. The lowest BCUT2D eigenvalue weighted by Crippen LogP contribution is -2.33. The first-order valence-corrected chi connectivity index (χ1v) is 18.6. The summed E-state index contributed by atoms with van der Waals surface area (Å²) in [5, 5.41) is 31.7. The number of rotatable bonds is 25. The molecule has 0 aliphatic carbocycles. The van der Waals surface area contributed by atoms with Gasteiger partial charge in [-0.15, -0.1) is 0 Å². The normalized spacial score (nSPS) is 27.4. The number of hydrogen-bond acceptors (Lipinski definition) is 7. The fraction of sp³-hybridized carbons (Fsp3) is 0.919. The molecule has 3 heterocycles. The van der Waals surface area contributed by atoms with E-state index in [0.29, 0.717) is 18.4 Å². The van der Waals surface area contributed by atoms with Crippen molar-refractivity contribution in [2.75, 3.05) is 0 Å². The summed E-state index contributed by atoms with van der Waals surface area (Å²) in [6, 6.07) is 0. The van der Waals surface area contributed by atoms with Crippen LogP contribution in [0.2, 0.25) is 0 Å². The highest BCUT2D eigenvalue weighted by molar-refractivity contribution is 5.90. The van der Waals surface area contributed by atoms with E-state index in [1.807, 2.05) is 13.0 Å². The maximum atomic E-state index is 11.7. The molecule has 0 radical (unpaired) electrons. The van der Waals surface area contributed by atoms with Crippen LogP contribution in [0.15, 0.2) is 11.6 Å². The van der Waals surface area contributed by atoms with E-state index in [-0.39, 0.29) is 48.7 Å². The molecule has 3 aliphatic heterocycles. The third-order valence-electron chi connectivity index (χ3n) is 10.1. The second kappa shape index (κ2) is 21.7. The molecule has 3 N–H and O–H groups in total. The first kappa shape index (κ1) is 37.5. The Kier molecular flexibility index (Phi) is 18.5. The number of cyclic esters (lactones) is 1. The van der Waals surface area contributed by atoms with Crippen molar-refractivity contribution >= 4 is 5.97 Å². The van der Waals surface area contributed by atoms with Crippen molar-refractivity contribution in [3.05, 3.63) is 11.6 Å². The van der Waals surface area contributed by atoms with Crippen LogP contribution in [0.3, 0.4) is 0 Å². The number of aliphatic hydroxyl groups excluding tert-OH is 3. The minimum atomic E-state index is -0.406. The van der Waals surface area contributed by atoms with Gasteiger partial charge in [-0.05, 0) is 70.8 Å². The zero-order chi connectivity index (χ0) is 31.6. The number of unbranched alkanes of at least 4 members (excludes halogenated alkanes) is 13. The molecule has 0 spiro atoms. The zero-order valence-corrected chi connectivity index (χ0v) is 28.1. The van der Waals surface area contributed by atoms with Crippen molar-refractivity contribution in [1.82, 2.24) is 0 Å². The van der Waals surface area contributed by atoms with Gasteiger partial charge in [0.2, 0.25) is 0 Å². The molecule has 0 aromatic carbocycles. The summed E-state index contributed by atoms with van der Waals surface area (Å²) in [6.07, 6.45) is 25.9. The van der Waals surface area contributed by atoms with Crippen LogP contribution in [-0.4, -0.2) is 70.1 Å². The average molecular weight is 623 g/mol. The van der Waals surface area contributed by atoms with E-state index in [9.17, 15) is 20.1 Å².